The molecular formula is C23H30N4O3S. The number of fused-ring (bicyclic) bond motifs is 1. The second-order valence-electron chi connectivity index (χ2n) is 7.45. The molecule has 166 valence electrons. The number of nitrogens with zero attached hydrogens (tertiary/aromatic N) is 3. The number of aromatic nitrogens is 2. The van der Waals surface area contributed by atoms with E-state index in [1.807, 2.05) is 31.3 Å². The molecule has 2 aromatic carbocycles. The third-order valence-electron chi connectivity index (χ3n) is 5.20. The first-order valence-electron chi connectivity index (χ1n) is 10.4. The summed E-state index contributed by atoms with van der Waals surface area (Å²) in [5.41, 5.74) is 1.81. The van der Waals surface area contributed by atoms with Crippen LogP contribution in [0.4, 0.5) is 0 Å². The van der Waals surface area contributed by atoms with Gasteiger partial charge in [0, 0.05) is 12.4 Å². The maximum Gasteiger partial charge on any atom is 0.243 e. The van der Waals surface area contributed by atoms with Crippen molar-refractivity contribution in [3.63, 3.8) is 0 Å². The molecular weight excluding hydrogens is 412 g/mol. The molecule has 0 bridgehead atoms. The molecule has 0 aliphatic rings. The SMILES string of the molecule is CNCCCCCc1nc(CN(C)S(=O)(=O)c2ccc(OC)cc2)nc2ccccc12. The number of aryl methyl sites for hydroxylation is 1. The molecule has 0 radical (unpaired) electrons. The van der Waals surface area contributed by atoms with Gasteiger partial charge in [-0.1, -0.05) is 24.6 Å². The molecule has 3 rings (SSSR count). The minimum Gasteiger partial charge on any atom is -0.497 e. The monoisotopic (exact) mass is 442 g/mol. The minimum atomic E-state index is -3.66. The average molecular weight is 443 g/mol. The van der Waals surface area contributed by atoms with Crippen molar-refractivity contribution in [1.29, 1.82) is 0 Å². The van der Waals surface area contributed by atoms with Crippen molar-refractivity contribution in [1.82, 2.24) is 19.6 Å². The van der Waals surface area contributed by atoms with Crippen LogP contribution in [0.15, 0.2) is 53.4 Å². The third kappa shape index (κ3) is 5.78. The number of methoxy groups -OCH3 is 1. The topological polar surface area (TPSA) is 84.4 Å². The molecule has 0 atom stereocenters. The van der Waals surface area contributed by atoms with Crippen molar-refractivity contribution in [3.05, 3.63) is 60.0 Å². The van der Waals surface area contributed by atoms with E-state index in [1.165, 1.54) is 4.31 Å². The number of unbranched alkanes of at least 4 members (excludes halogenated alkanes) is 2. The summed E-state index contributed by atoms with van der Waals surface area (Å²) in [5.74, 6) is 1.11. The first kappa shape index (κ1) is 23.1. The molecule has 1 aromatic heterocycles. The van der Waals surface area contributed by atoms with Gasteiger partial charge in [0.25, 0.3) is 0 Å². The molecule has 1 heterocycles. The number of sulfonamides is 1. The van der Waals surface area contributed by atoms with Gasteiger partial charge in [-0.15, -0.1) is 0 Å². The number of benzene rings is 2. The molecule has 0 saturated carbocycles. The quantitative estimate of drug-likeness (QED) is 0.458. The maximum atomic E-state index is 13.0. The lowest BCUT2D eigenvalue weighted by molar-refractivity contribution is 0.414. The van der Waals surface area contributed by atoms with Crippen LogP contribution in [0.2, 0.25) is 0 Å². The minimum absolute atomic E-state index is 0.103. The summed E-state index contributed by atoms with van der Waals surface area (Å²) in [7, 11) is 1.39. The smallest absolute Gasteiger partial charge is 0.243 e. The molecule has 8 heteroatoms. The van der Waals surface area contributed by atoms with Crippen LogP contribution in [-0.2, 0) is 23.0 Å². The van der Waals surface area contributed by atoms with Crippen LogP contribution in [0.25, 0.3) is 10.9 Å². The van der Waals surface area contributed by atoms with Gasteiger partial charge in [-0.05, 0) is 63.2 Å². The fourth-order valence-electron chi connectivity index (χ4n) is 3.44. The highest BCUT2D eigenvalue weighted by Crippen LogP contribution is 2.22. The van der Waals surface area contributed by atoms with Crippen molar-refractivity contribution in [2.75, 3.05) is 27.7 Å². The lowest BCUT2D eigenvalue weighted by atomic mass is 10.1. The molecule has 0 unspecified atom stereocenters. The summed E-state index contributed by atoms with van der Waals surface area (Å²) in [6.45, 7) is 1.11. The van der Waals surface area contributed by atoms with E-state index in [9.17, 15) is 8.42 Å². The van der Waals surface area contributed by atoms with Crippen molar-refractivity contribution in [2.24, 2.45) is 0 Å². The highest BCUT2D eigenvalue weighted by Gasteiger charge is 2.22. The molecule has 0 aliphatic carbocycles. The highest BCUT2D eigenvalue weighted by molar-refractivity contribution is 7.89. The van der Waals surface area contributed by atoms with E-state index in [0.717, 1.165) is 48.8 Å². The fraction of sp³-hybridized carbons (Fsp3) is 0.391. The molecule has 0 spiro atoms. The Labute approximate surface area is 184 Å². The van der Waals surface area contributed by atoms with Crippen molar-refractivity contribution < 1.29 is 13.2 Å². The lowest BCUT2D eigenvalue weighted by Crippen LogP contribution is -2.27. The Bertz CT molecular complexity index is 1100. The Morgan fingerprint density at radius 2 is 1.74 bits per heavy atom. The van der Waals surface area contributed by atoms with Crippen molar-refractivity contribution >= 4 is 20.9 Å². The summed E-state index contributed by atoms with van der Waals surface area (Å²) in [5, 5.41) is 4.19. The van der Waals surface area contributed by atoms with Gasteiger partial charge in [0.1, 0.15) is 11.6 Å². The summed E-state index contributed by atoms with van der Waals surface area (Å²) in [6, 6.07) is 14.3. The van der Waals surface area contributed by atoms with Gasteiger partial charge >= 0.3 is 0 Å². The average Bonchev–Trinajstić information content (AvgIpc) is 2.78. The Morgan fingerprint density at radius 3 is 2.45 bits per heavy atom. The van der Waals surface area contributed by atoms with Crippen LogP contribution >= 0.6 is 0 Å². The van der Waals surface area contributed by atoms with Gasteiger partial charge in [0.2, 0.25) is 10.0 Å². The van der Waals surface area contributed by atoms with E-state index >= 15 is 0 Å². The molecule has 3 aromatic rings. The first-order valence-corrected chi connectivity index (χ1v) is 11.9. The van der Waals surface area contributed by atoms with Crippen LogP contribution in [0.3, 0.4) is 0 Å². The fourth-order valence-corrected chi connectivity index (χ4v) is 4.56. The zero-order valence-corrected chi connectivity index (χ0v) is 19.2. The zero-order valence-electron chi connectivity index (χ0n) is 18.3. The van der Waals surface area contributed by atoms with E-state index in [2.05, 4.69) is 10.3 Å². The summed E-state index contributed by atoms with van der Waals surface area (Å²) in [4.78, 5) is 9.57. The van der Waals surface area contributed by atoms with E-state index < -0.39 is 10.0 Å². The van der Waals surface area contributed by atoms with Gasteiger partial charge in [-0.3, -0.25) is 0 Å². The number of ether oxygens (including phenoxy) is 1. The summed E-state index contributed by atoms with van der Waals surface area (Å²) < 4.78 is 32.4. The van der Waals surface area contributed by atoms with Crippen LogP contribution in [0.5, 0.6) is 5.75 Å². The van der Waals surface area contributed by atoms with Gasteiger partial charge in [-0.25, -0.2) is 18.4 Å². The molecule has 0 aliphatic heterocycles. The van der Waals surface area contributed by atoms with Crippen LogP contribution in [0.1, 0.15) is 30.8 Å². The Kier molecular flexibility index (Phi) is 7.95. The largest absolute Gasteiger partial charge is 0.497 e. The molecule has 7 nitrogen and oxygen atoms in total. The van der Waals surface area contributed by atoms with E-state index in [4.69, 9.17) is 9.72 Å². The third-order valence-corrected chi connectivity index (χ3v) is 7.02. The zero-order chi connectivity index (χ0) is 22.3. The van der Waals surface area contributed by atoms with Crippen LogP contribution < -0.4 is 10.1 Å². The highest BCUT2D eigenvalue weighted by atomic mass is 32.2. The van der Waals surface area contributed by atoms with Gasteiger partial charge in [0.15, 0.2) is 0 Å². The van der Waals surface area contributed by atoms with E-state index in [0.29, 0.717) is 11.6 Å². The number of nitrogens with one attached hydrogen (secondary N) is 1. The van der Waals surface area contributed by atoms with Gasteiger partial charge in [0.05, 0.1) is 29.8 Å². The molecule has 0 saturated heterocycles. The number of hydrogen-bond donors (Lipinski definition) is 1. The van der Waals surface area contributed by atoms with E-state index in [-0.39, 0.29) is 11.4 Å². The standard InChI is InChI=1S/C23H30N4O3S/c1-24-16-8-4-5-10-21-20-9-6-7-11-22(20)26-23(25-21)17-27(2)31(28,29)19-14-12-18(30-3)13-15-19/h6-7,9,11-15,24H,4-5,8,10,16-17H2,1-3H3. The lowest BCUT2D eigenvalue weighted by Gasteiger charge is -2.17. The molecule has 0 amide bonds. The van der Waals surface area contributed by atoms with E-state index in [1.54, 1.807) is 38.4 Å². The molecule has 0 fully saturated rings. The van der Waals surface area contributed by atoms with Gasteiger partial charge < -0.3 is 10.1 Å². The van der Waals surface area contributed by atoms with Crippen LogP contribution in [0, 0.1) is 0 Å². The Balaban J connectivity index is 1.81. The Hall–Kier alpha value is -2.55. The normalized spacial score (nSPS) is 11.9. The predicted molar refractivity (Wildman–Crippen MR) is 123 cm³/mol. The Morgan fingerprint density at radius 1 is 1.00 bits per heavy atom. The summed E-state index contributed by atoms with van der Waals surface area (Å²) in [6.07, 6.45) is 4.10. The predicted octanol–water partition coefficient (Wildman–Crippen LogP) is 3.39. The van der Waals surface area contributed by atoms with Crippen molar-refractivity contribution in [2.45, 2.75) is 37.1 Å². The molecule has 1 N–H and O–H groups in total. The second-order valence-corrected chi connectivity index (χ2v) is 9.50. The van der Waals surface area contributed by atoms with Crippen LogP contribution in [-0.4, -0.2) is 50.4 Å². The number of para-hydroxylation sites is 1. The number of hydrogen-bond acceptors (Lipinski definition) is 6. The van der Waals surface area contributed by atoms with Gasteiger partial charge in [-0.2, -0.15) is 4.31 Å². The summed E-state index contributed by atoms with van der Waals surface area (Å²) >= 11 is 0. The second kappa shape index (κ2) is 10.7. The molecule has 31 heavy (non-hydrogen) atoms. The van der Waals surface area contributed by atoms with Crippen molar-refractivity contribution in [3.8, 4) is 5.75 Å². The maximum absolute atomic E-state index is 13.0. The number of rotatable bonds is 11. The first-order chi connectivity index (χ1) is 15.0.